The molecule has 1 saturated carbocycles. The van der Waals surface area contributed by atoms with Crippen LogP contribution < -0.4 is 0 Å². The number of hydrogen-bond donors (Lipinski definition) is 0. The van der Waals surface area contributed by atoms with Gasteiger partial charge >= 0.3 is 0 Å². The van der Waals surface area contributed by atoms with Gasteiger partial charge < -0.3 is 0 Å². The zero-order valence-corrected chi connectivity index (χ0v) is 13.3. The van der Waals surface area contributed by atoms with Crippen LogP contribution in [0, 0.1) is 11.3 Å². The Morgan fingerprint density at radius 2 is 1.60 bits per heavy atom. The lowest BCUT2D eigenvalue weighted by molar-refractivity contribution is 0.115. The number of rotatable bonds is 3. The van der Waals surface area contributed by atoms with Crippen LogP contribution in [0.4, 0.5) is 0 Å². The average molecular weight is 299 g/mol. The monoisotopic (exact) mass is 299 g/mol. The predicted molar refractivity (Wildman–Crippen MR) is 78.6 cm³/mol. The van der Waals surface area contributed by atoms with Crippen molar-refractivity contribution in [3.8, 4) is 6.07 Å². The first-order valence-corrected chi connectivity index (χ1v) is 9.03. The van der Waals surface area contributed by atoms with Gasteiger partial charge in [-0.05, 0) is 26.7 Å². The highest BCUT2D eigenvalue weighted by atomic mass is 32.2. The highest BCUT2D eigenvalue weighted by Gasteiger charge is 2.37. The Bertz CT molecular complexity index is 467. The summed E-state index contributed by atoms with van der Waals surface area (Å²) in [6.07, 6.45) is 4.85. The molecule has 0 unspecified atom stereocenters. The van der Waals surface area contributed by atoms with E-state index in [0.29, 0.717) is 26.2 Å². The lowest BCUT2D eigenvalue weighted by Crippen LogP contribution is -2.56. The van der Waals surface area contributed by atoms with Gasteiger partial charge in [-0.15, -0.1) is 0 Å². The fourth-order valence-electron chi connectivity index (χ4n) is 3.15. The highest BCUT2D eigenvalue weighted by Crippen LogP contribution is 2.27. The SMILES string of the molecule is CC(C)(C#N)N1CCN(S(=O)(=O)C2CCCCC2)CC1. The molecule has 2 rings (SSSR count). The van der Waals surface area contributed by atoms with Gasteiger partial charge in [-0.3, -0.25) is 4.90 Å². The standard InChI is InChI=1S/C14H25N3O2S/c1-14(2,12-15)16-8-10-17(11-9-16)20(18,19)13-6-4-3-5-7-13/h13H,3-11H2,1-2H3. The number of nitriles is 1. The van der Waals surface area contributed by atoms with Gasteiger partial charge in [0.05, 0.1) is 11.3 Å². The lowest BCUT2D eigenvalue weighted by Gasteiger charge is -2.41. The Morgan fingerprint density at radius 1 is 1.05 bits per heavy atom. The molecule has 0 spiro atoms. The highest BCUT2D eigenvalue weighted by molar-refractivity contribution is 7.89. The van der Waals surface area contributed by atoms with Gasteiger partial charge in [0.25, 0.3) is 0 Å². The molecule has 0 aromatic rings. The number of sulfonamides is 1. The second kappa shape index (κ2) is 6.00. The summed E-state index contributed by atoms with van der Waals surface area (Å²) in [5, 5.41) is 8.98. The van der Waals surface area contributed by atoms with Crippen molar-refractivity contribution in [2.75, 3.05) is 26.2 Å². The molecular formula is C14H25N3O2S. The van der Waals surface area contributed by atoms with Crippen LogP contribution in [0.15, 0.2) is 0 Å². The molecule has 0 amide bonds. The third-order valence-corrected chi connectivity index (χ3v) is 7.03. The first-order valence-electron chi connectivity index (χ1n) is 7.53. The Kier molecular flexibility index (Phi) is 4.73. The Labute approximate surface area is 122 Å². The van der Waals surface area contributed by atoms with E-state index in [4.69, 9.17) is 5.26 Å². The van der Waals surface area contributed by atoms with Gasteiger partial charge in [0.1, 0.15) is 5.54 Å². The first-order chi connectivity index (χ1) is 9.38. The fourth-order valence-corrected chi connectivity index (χ4v) is 5.17. The van der Waals surface area contributed by atoms with Crippen molar-refractivity contribution in [2.45, 2.75) is 56.7 Å². The molecule has 0 aromatic carbocycles. The fraction of sp³-hybridized carbons (Fsp3) is 0.929. The molecule has 2 fully saturated rings. The minimum absolute atomic E-state index is 0.174. The quantitative estimate of drug-likeness (QED) is 0.793. The van der Waals surface area contributed by atoms with E-state index in [1.807, 2.05) is 13.8 Å². The van der Waals surface area contributed by atoms with E-state index in [9.17, 15) is 8.42 Å². The first kappa shape index (κ1) is 15.7. The maximum atomic E-state index is 12.6. The molecule has 1 heterocycles. The van der Waals surface area contributed by atoms with Crippen molar-refractivity contribution in [3.63, 3.8) is 0 Å². The summed E-state index contributed by atoms with van der Waals surface area (Å²) in [5.41, 5.74) is -0.513. The number of nitrogens with zero attached hydrogens (tertiary/aromatic N) is 3. The van der Waals surface area contributed by atoms with Crippen LogP contribution in [0.1, 0.15) is 46.0 Å². The maximum absolute atomic E-state index is 12.6. The molecule has 114 valence electrons. The van der Waals surface area contributed by atoms with Gasteiger partial charge in [0.2, 0.25) is 10.0 Å². The Morgan fingerprint density at radius 3 is 2.10 bits per heavy atom. The van der Waals surface area contributed by atoms with Gasteiger partial charge in [-0.2, -0.15) is 9.57 Å². The third kappa shape index (κ3) is 3.16. The van der Waals surface area contributed by atoms with E-state index in [0.717, 1.165) is 32.1 Å². The van der Waals surface area contributed by atoms with Crippen LogP contribution >= 0.6 is 0 Å². The minimum Gasteiger partial charge on any atom is -0.283 e. The average Bonchev–Trinajstić information content (AvgIpc) is 2.48. The van der Waals surface area contributed by atoms with Crippen LogP contribution in [-0.4, -0.2) is 54.6 Å². The van der Waals surface area contributed by atoms with Crippen LogP contribution in [0.25, 0.3) is 0 Å². The van der Waals surface area contributed by atoms with Gasteiger partial charge in [-0.1, -0.05) is 19.3 Å². The Balaban J connectivity index is 1.98. The molecule has 5 nitrogen and oxygen atoms in total. The lowest BCUT2D eigenvalue weighted by atomic mass is 10.0. The second-order valence-electron chi connectivity index (χ2n) is 6.36. The topological polar surface area (TPSA) is 64.4 Å². The maximum Gasteiger partial charge on any atom is 0.217 e. The molecule has 1 saturated heterocycles. The second-order valence-corrected chi connectivity index (χ2v) is 8.57. The molecule has 0 aromatic heterocycles. The van der Waals surface area contributed by atoms with Crippen LogP contribution in [0.2, 0.25) is 0 Å². The Hall–Kier alpha value is -0.640. The molecule has 0 N–H and O–H groups in total. The van der Waals surface area contributed by atoms with E-state index in [2.05, 4.69) is 11.0 Å². The van der Waals surface area contributed by atoms with Crippen molar-refractivity contribution < 1.29 is 8.42 Å². The van der Waals surface area contributed by atoms with E-state index in [-0.39, 0.29) is 5.25 Å². The van der Waals surface area contributed by atoms with Gasteiger partial charge in [0.15, 0.2) is 0 Å². The zero-order chi connectivity index (χ0) is 14.8. The van der Waals surface area contributed by atoms with E-state index < -0.39 is 15.6 Å². The molecule has 0 atom stereocenters. The summed E-state index contributed by atoms with van der Waals surface area (Å²) < 4.78 is 26.9. The van der Waals surface area contributed by atoms with E-state index in [1.54, 1.807) is 4.31 Å². The van der Waals surface area contributed by atoms with E-state index >= 15 is 0 Å². The van der Waals surface area contributed by atoms with Gasteiger partial charge in [-0.25, -0.2) is 8.42 Å². The van der Waals surface area contributed by atoms with Crippen LogP contribution in [0.5, 0.6) is 0 Å². The molecule has 0 radical (unpaired) electrons. The molecule has 0 bridgehead atoms. The summed E-state index contributed by atoms with van der Waals surface area (Å²) in [7, 11) is -3.14. The van der Waals surface area contributed by atoms with Crippen molar-refractivity contribution >= 4 is 10.0 Å². The summed E-state index contributed by atoms with van der Waals surface area (Å²) in [4.78, 5) is 2.07. The number of piperazine rings is 1. The molecular weight excluding hydrogens is 274 g/mol. The minimum atomic E-state index is -3.14. The molecule has 6 heteroatoms. The largest absolute Gasteiger partial charge is 0.283 e. The van der Waals surface area contributed by atoms with Gasteiger partial charge in [0, 0.05) is 26.2 Å². The normalized spacial score (nSPS) is 24.4. The van der Waals surface area contributed by atoms with Crippen LogP contribution in [-0.2, 0) is 10.0 Å². The van der Waals surface area contributed by atoms with Crippen molar-refractivity contribution in [3.05, 3.63) is 0 Å². The predicted octanol–water partition coefficient (Wildman–Crippen LogP) is 1.57. The molecule has 20 heavy (non-hydrogen) atoms. The summed E-state index contributed by atoms with van der Waals surface area (Å²) in [6.45, 7) is 6.10. The smallest absolute Gasteiger partial charge is 0.217 e. The van der Waals surface area contributed by atoms with Crippen molar-refractivity contribution in [1.29, 1.82) is 5.26 Å². The summed E-state index contributed by atoms with van der Waals surface area (Å²) >= 11 is 0. The van der Waals surface area contributed by atoms with Crippen molar-refractivity contribution in [2.24, 2.45) is 0 Å². The summed E-state index contributed by atoms with van der Waals surface area (Å²) in [5.74, 6) is 0. The zero-order valence-electron chi connectivity index (χ0n) is 12.5. The van der Waals surface area contributed by atoms with E-state index in [1.165, 1.54) is 0 Å². The summed E-state index contributed by atoms with van der Waals surface area (Å²) in [6, 6.07) is 2.29. The number of hydrogen-bond acceptors (Lipinski definition) is 4. The third-order valence-electron chi connectivity index (χ3n) is 4.64. The van der Waals surface area contributed by atoms with Crippen LogP contribution in [0.3, 0.4) is 0 Å². The molecule has 1 aliphatic heterocycles. The molecule has 1 aliphatic carbocycles. The van der Waals surface area contributed by atoms with Crippen molar-refractivity contribution in [1.82, 2.24) is 9.21 Å². The molecule has 2 aliphatic rings.